The van der Waals surface area contributed by atoms with Crippen LogP contribution in [0.4, 0.5) is 0 Å². The zero-order valence-electron chi connectivity index (χ0n) is 19.0. The summed E-state index contributed by atoms with van der Waals surface area (Å²) >= 11 is 0. The van der Waals surface area contributed by atoms with Crippen LogP contribution >= 0.6 is 0 Å². The molecule has 0 aliphatic carbocycles. The van der Waals surface area contributed by atoms with Crippen LogP contribution < -0.4 is 0 Å². The summed E-state index contributed by atoms with van der Waals surface area (Å²) in [6, 6.07) is 0. The lowest BCUT2D eigenvalue weighted by Gasteiger charge is -2.10. The lowest BCUT2D eigenvalue weighted by molar-refractivity contribution is 0.434. The molecule has 1 atom stereocenters. The average Bonchev–Trinajstić information content (AvgIpc) is 2.67. The fraction of sp³-hybridized carbons (Fsp3) is 0.852. The van der Waals surface area contributed by atoms with Crippen LogP contribution in [0.25, 0.3) is 0 Å². The summed E-state index contributed by atoms with van der Waals surface area (Å²) in [5.74, 6) is 0.944. The SMILES string of the molecule is [CH2]C/C=C/CCCCCCCCCCCCCCCC(C)CCCCC[CH2]. The molecule has 0 saturated heterocycles. The van der Waals surface area contributed by atoms with Gasteiger partial charge in [0.15, 0.2) is 0 Å². The van der Waals surface area contributed by atoms with Crippen molar-refractivity contribution in [1.29, 1.82) is 0 Å². The minimum Gasteiger partial charge on any atom is -0.0885 e. The van der Waals surface area contributed by atoms with Gasteiger partial charge in [-0.3, -0.25) is 0 Å². The van der Waals surface area contributed by atoms with E-state index in [0.717, 1.165) is 18.8 Å². The Morgan fingerprint density at radius 1 is 0.519 bits per heavy atom. The third kappa shape index (κ3) is 23.7. The van der Waals surface area contributed by atoms with Gasteiger partial charge in [0.05, 0.1) is 0 Å². The molecule has 1 unspecified atom stereocenters. The molecule has 0 aliphatic rings. The molecular weight excluding hydrogens is 324 g/mol. The fourth-order valence-electron chi connectivity index (χ4n) is 3.93. The summed E-state index contributed by atoms with van der Waals surface area (Å²) in [4.78, 5) is 0. The molecule has 0 nitrogen and oxygen atoms in total. The molecule has 0 heterocycles. The lowest BCUT2D eigenvalue weighted by Crippen LogP contribution is -1.95. The van der Waals surface area contributed by atoms with Gasteiger partial charge in [-0.15, -0.1) is 0 Å². The third-order valence-electron chi connectivity index (χ3n) is 5.85. The van der Waals surface area contributed by atoms with E-state index in [0.29, 0.717) is 0 Å². The molecule has 160 valence electrons. The Labute approximate surface area is 174 Å². The highest BCUT2D eigenvalue weighted by Gasteiger charge is 2.01. The van der Waals surface area contributed by atoms with Gasteiger partial charge in [0, 0.05) is 0 Å². The Kier molecular flexibility index (Phi) is 23.5. The molecule has 0 fully saturated rings. The van der Waals surface area contributed by atoms with Crippen molar-refractivity contribution in [3.8, 4) is 0 Å². The van der Waals surface area contributed by atoms with Gasteiger partial charge in [0.2, 0.25) is 0 Å². The number of hydrogen-bond donors (Lipinski definition) is 0. The zero-order chi connectivity index (χ0) is 19.8. The van der Waals surface area contributed by atoms with Crippen molar-refractivity contribution in [3.05, 3.63) is 26.0 Å². The zero-order valence-corrected chi connectivity index (χ0v) is 19.0. The summed E-state index contributed by atoms with van der Waals surface area (Å²) < 4.78 is 0. The van der Waals surface area contributed by atoms with Gasteiger partial charge in [-0.1, -0.05) is 142 Å². The van der Waals surface area contributed by atoms with Gasteiger partial charge in [-0.25, -0.2) is 0 Å². The van der Waals surface area contributed by atoms with Crippen molar-refractivity contribution < 1.29 is 0 Å². The van der Waals surface area contributed by atoms with Crippen LogP contribution in [-0.4, -0.2) is 0 Å². The first-order chi connectivity index (χ1) is 13.3. The minimum absolute atomic E-state index is 0.941. The van der Waals surface area contributed by atoms with Crippen LogP contribution in [0.5, 0.6) is 0 Å². The molecular formula is C27H52. The van der Waals surface area contributed by atoms with Gasteiger partial charge in [0.25, 0.3) is 0 Å². The molecule has 0 amide bonds. The molecule has 27 heavy (non-hydrogen) atoms. The van der Waals surface area contributed by atoms with E-state index >= 15 is 0 Å². The highest BCUT2D eigenvalue weighted by molar-refractivity contribution is 4.81. The van der Waals surface area contributed by atoms with Crippen molar-refractivity contribution in [2.24, 2.45) is 5.92 Å². The predicted octanol–water partition coefficient (Wildman–Crippen LogP) is 10.0. The molecule has 0 spiro atoms. The Bertz CT molecular complexity index is 278. The van der Waals surface area contributed by atoms with Gasteiger partial charge < -0.3 is 0 Å². The van der Waals surface area contributed by atoms with Gasteiger partial charge in [0.1, 0.15) is 0 Å². The van der Waals surface area contributed by atoms with Crippen LogP contribution in [0.15, 0.2) is 12.2 Å². The minimum atomic E-state index is 0.941. The van der Waals surface area contributed by atoms with Crippen molar-refractivity contribution in [2.75, 3.05) is 0 Å². The highest BCUT2D eigenvalue weighted by Crippen LogP contribution is 2.18. The molecule has 0 N–H and O–H groups in total. The van der Waals surface area contributed by atoms with Crippen LogP contribution in [0.3, 0.4) is 0 Å². The number of allylic oxidation sites excluding steroid dienone is 2. The largest absolute Gasteiger partial charge is 0.0885 e. The molecule has 0 bridgehead atoms. The van der Waals surface area contributed by atoms with E-state index in [1.807, 2.05) is 0 Å². The van der Waals surface area contributed by atoms with E-state index in [-0.39, 0.29) is 0 Å². The highest BCUT2D eigenvalue weighted by atomic mass is 14.1. The quantitative estimate of drug-likeness (QED) is 0.130. The normalized spacial score (nSPS) is 12.9. The summed E-state index contributed by atoms with van der Waals surface area (Å²) in [5, 5.41) is 0. The van der Waals surface area contributed by atoms with Crippen LogP contribution in [0, 0.1) is 19.8 Å². The molecule has 0 aromatic heterocycles. The topological polar surface area (TPSA) is 0 Å². The molecule has 0 aromatic rings. The summed E-state index contributed by atoms with van der Waals surface area (Å²) in [5.41, 5.74) is 0. The van der Waals surface area contributed by atoms with E-state index in [1.165, 1.54) is 122 Å². The van der Waals surface area contributed by atoms with Crippen molar-refractivity contribution >= 4 is 0 Å². The second-order valence-electron chi connectivity index (χ2n) is 8.74. The summed E-state index contributed by atoms with van der Waals surface area (Å²) in [6.45, 7) is 10.2. The van der Waals surface area contributed by atoms with Crippen LogP contribution in [0.2, 0.25) is 0 Å². The standard InChI is InChI=1S/C27H52/c1-4-6-8-10-11-12-13-14-15-16-17-18-19-20-21-22-24-26-27(3)25-23-9-7-5-2/h6,8,27H,1-2,4-5,7,9-26H2,3H3/b8-6+. The van der Waals surface area contributed by atoms with Crippen molar-refractivity contribution in [2.45, 2.75) is 142 Å². The maximum absolute atomic E-state index is 3.93. The number of hydrogen-bond acceptors (Lipinski definition) is 0. The monoisotopic (exact) mass is 376 g/mol. The van der Waals surface area contributed by atoms with Crippen molar-refractivity contribution in [3.63, 3.8) is 0 Å². The molecule has 0 rings (SSSR count). The van der Waals surface area contributed by atoms with Gasteiger partial charge in [-0.2, -0.15) is 0 Å². The van der Waals surface area contributed by atoms with Crippen LogP contribution in [0.1, 0.15) is 142 Å². The van der Waals surface area contributed by atoms with Crippen molar-refractivity contribution in [1.82, 2.24) is 0 Å². The van der Waals surface area contributed by atoms with E-state index in [2.05, 4.69) is 32.9 Å². The average molecular weight is 377 g/mol. The first-order valence-corrected chi connectivity index (χ1v) is 12.5. The lowest BCUT2D eigenvalue weighted by atomic mass is 9.96. The molecule has 0 aliphatic heterocycles. The predicted molar refractivity (Wildman–Crippen MR) is 126 cm³/mol. The molecule has 0 saturated carbocycles. The van der Waals surface area contributed by atoms with Gasteiger partial charge in [-0.05, 0) is 32.1 Å². The molecule has 0 aromatic carbocycles. The summed E-state index contributed by atoms with van der Waals surface area (Å²) in [6.07, 6.45) is 33.7. The van der Waals surface area contributed by atoms with E-state index in [4.69, 9.17) is 0 Å². The van der Waals surface area contributed by atoms with E-state index < -0.39 is 0 Å². The maximum atomic E-state index is 3.93. The van der Waals surface area contributed by atoms with E-state index in [1.54, 1.807) is 0 Å². The Morgan fingerprint density at radius 3 is 1.37 bits per heavy atom. The molecule has 0 heteroatoms. The van der Waals surface area contributed by atoms with Crippen LogP contribution in [-0.2, 0) is 0 Å². The fourth-order valence-corrected chi connectivity index (χ4v) is 3.93. The first-order valence-electron chi connectivity index (χ1n) is 12.5. The first kappa shape index (κ1) is 26.7. The van der Waals surface area contributed by atoms with E-state index in [9.17, 15) is 0 Å². The third-order valence-corrected chi connectivity index (χ3v) is 5.85. The Balaban J connectivity index is 3.09. The second-order valence-corrected chi connectivity index (χ2v) is 8.74. The van der Waals surface area contributed by atoms with Gasteiger partial charge >= 0.3 is 0 Å². The summed E-state index contributed by atoms with van der Waals surface area (Å²) in [7, 11) is 0. The number of unbranched alkanes of at least 4 members (excludes halogenated alkanes) is 16. The Morgan fingerprint density at radius 2 is 0.926 bits per heavy atom. The maximum Gasteiger partial charge on any atom is -0.0351 e. The second kappa shape index (κ2) is 23.8. The number of rotatable bonds is 22. The molecule has 2 radical (unpaired) electrons. The Hall–Kier alpha value is -0.260. The smallest absolute Gasteiger partial charge is 0.0351 e.